The average molecular weight is 550 g/mol. The molecule has 0 bridgehead atoms. The zero-order valence-corrected chi connectivity index (χ0v) is 22.2. The second-order valence-electron chi connectivity index (χ2n) is 8.43. The number of hydrogen-bond acceptors (Lipinski definition) is 5. The lowest BCUT2D eigenvalue weighted by atomic mass is 10.1. The molecule has 0 saturated carbocycles. The Kier molecular flexibility index (Phi) is 7.02. The van der Waals surface area contributed by atoms with Gasteiger partial charge in [-0.25, -0.2) is 9.48 Å². The van der Waals surface area contributed by atoms with Crippen molar-refractivity contribution in [2.45, 2.75) is 20.0 Å². The van der Waals surface area contributed by atoms with Gasteiger partial charge in [-0.1, -0.05) is 71.7 Å². The number of anilines is 1. The van der Waals surface area contributed by atoms with Gasteiger partial charge >= 0.3 is 5.97 Å². The van der Waals surface area contributed by atoms with Crippen LogP contribution in [0.5, 0.6) is 0 Å². The fourth-order valence-corrected chi connectivity index (χ4v) is 5.33. The third-order valence-electron chi connectivity index (χ3n) is 5.83. The van der Waals surface area contributed by atoms with Crippen molar-refractivity contribution in [2.75, 3.05) is 5.32 Å². The van der Waals surface area contributed by atoms with Crippen LogP contribution in [0.2, 0.25) is 10.0 Å². The first kappa shape index (κ1) is 25.0. The number of carbonyl (C=O) groups excluding carboxylic acids is 2. The van der Waals surface area contributed by atoms with Crippen molar-refractivity contribution in [3.05, 3.63) is 111 Å². The van der Waals surface area contributed by atoms with Gasteiger partial charge in [0.2, 0.25) is 6.10 Å². The molecule has 3 aromatic carbocycles. The molecular weight excluding hydrogens is 529 g/mol. The molecule has 0 fully saturated rings. The largest absolute Gasteiger partial charge is 0.443 e. The number of ether oxygens (including phenoxy) is 1. The average Bonchev–Trinajstić information content (AvgIpc) is 3.46. The van der Waals surface area contributed by atoms with Crippen LogP contribution in [0.25, 0.3) is 15.9 Å². The summed E-state index contributed by atoms with van der Waals surface area (Å²) in [5.74, 6) is -1.10. The summed E-state index contributed by atoms with van der Waals surface area (Å²) in [6, 6.07) is 23.2. The van der Waals surface area contributed by atoms with Gasteiger partial charge in [0, 0.05) is 21.7 Å². The Labute approximate surface area is 227 Å². The third kappa shape index (κ3) is 5.11. The minimum absolute atomic E-state index is 0.350. The standard InChI is InChI=1S/C28H21Cl2N3O3S/c1-16-12-13-19(14-22(16)30)31-26(34)25(18-8-4-3-5-9-18)36-28(35)24-15-20-17(2)32-33(27(20)37-24)23-11-7-6-10-21(23)29/h3-15,25H,1-2H3,(H,31,34)/t25-/m0/s1. The van der Waals surface area contributed by atoms with Crippen molar-refractivity contribution >= 4 is 62.3 Å². The molecule has 6 nitrogen and oxygen atoms in total. The number of thiophene rings is 1. The molecule has 1 atom stereocenters. The van der Waals surface area contributed by atoms with Gasteiger partial charge in [-0.15, -0.1) is 11.3 Å². The van der Waals surface area contributed by atoms with Gasteiger partial charge in [-0.3, -0.25) is 4.79 Å². The van der Waals surface area contributed by atoms with Gasteiger partial charge in [0.1, 0.15) is 9.71 Å². The first-order valence-electron chi connectivity index (χ1n) is 11.4. The van der Waals surface area contributed by atoms with E-state index in [1.807, 2.05) is 44.2 Å². The fourth-order valence-electron chi connectivity index (χ4n) is 3.88. The highest BCUT2D eigenvalue weighted by Crippen LogP contribution is 2.34. The van der Waals surface area contributed by atoms with Crippen LogP contribution in [0.3, 0.4) is 0 Å². The molecule has 1 N–H and O–H groups in total. The molecule has 0 spiro atoms. The minimum Gasteiger partial charge on any atom is -0.443 e. The number of para-hydroxylation sites is 1. The van der Waals surface area contributed by atoms with Crippen LogP contribution >= 0.6 is 34.5 Å². The quantitative estimate of drug-likeness (QED) is 0.222. The van der Waals surface area contributed by atoms with E-state index in [4.69, 9.17) is 27.9 Å². The number of aryl methyl sites for hydroxylation is 2. The number of nitrogens with one attached hydrogen (secondary N) is 1. The summed E-state index contributed by atoms with van der Waals surface area (Å²) in [7, 11) is 0. The number of rotatable bonds is 6. The zero-order valence-electron chi connectivity index (χ0n) is 19.9. The van der Waals surface area contributed by atoms with E-state index in [-0.39, 0.29) is 0 Å². The lowest BCUT2D eigenvalue weighted by molar-refractivity contribution is -0.125. The molecule has 5 rings (SSSR count). The van der Waals surface area contributed by atoms with Crippen molar-refractivity contribution in [2.24, 2.45) is 0 Å². The predicted octanol–water partition coefficient (Wildman–Crippen LogP) is 7.55. The molecule has 0 radical (unpaired) electrons. The Hall–Kier alpha value is -3.65. The summed E-state index contributed by atoms with van der Waals surface area (Å²) in [5, 5.41) is 9.28. The maximum absolute atomic E-state index is 13.3. The van der Waals surface area contributed by atoms with Crippen molar-refractivity contribution < 1.29 is 14.3 Å². The van der Waals surface area contributed by atoms with Gasteiger partial charge in [0.15, 0.2) is 0 Å². The lowest BCUT2D eigenvalue weighted by Gasteiger charge is -2.18. The lowest BCUT2D eigenvalue weighted by Crippen LogP contribution is -2.25. The molecule has 1 amide bonds. The van der Waals surface area contributed by atoms with E-state index in [1.54, 1.807) is 53.2 Å². The van der Waals surface area contributed by atoms with Crippen LogP contribution in [0, 0.1) is 13.8 Å². The molecule has 0 aliphatic carbocycles. The van der Waals surface area contributed by atoms with Crippen LogP contribution in [-0.2, 0) is 9.53 Å². The molecule has 0 unspecified atom stereocenters. The van der Waals surface area contributed by atoms with Gasteiger partial charge in [-0.2, -0.15) is 5.10 Å². The topological polar surface area (TPSA) is 73.2 Å². The number of nitrogens with zero attached hydrogens (tertiary/aromatic N) is 2. The van der Waals surface area contributed by atoms with E-state index in [1.165, 1.54) is 11.3 Å². The van der Waals surface area contributed by atoms with Crippen LogP contribution in [0.1, 0.15) is 32.6 Å². The Balaban J connectivity index is 1.45. The molecule has 2 aromatic heterocycles. The molecular formula is C28H21Cl2N3O3S. The first-order chi connectivity index (χ1) is 17.8. The predicted molar refractivity (Wildman–Crippen MR) is 148 cm³/mol. The molecule has 9 heteroatoms. The number of amides is 1. The zero-order chi connectivity index (χ0) is 26.1. The molecule has 0 aliphatic rings. The number of hydrogen-bond donors (Lipinski definition) is 1. The summed E-state index contributed by atoms with van der Waals surface area (Å²) in [6.45, 7) is 3.74. The number of aromatic nitrogens is 2. The van der Waals surface area contributed by atoms with Gasteiger partial charge in [-0.05, 0) is 49.7 Å². The van der Waals surface area contributed by atoms with Crippen LogP contribution < -0.4 is 5.32 Å². The van der Waals surface area contributed by atoms with Crippen LogP contribution in [0.15, 0.2) is 78.9 Å². The maximum Gasteiger partial charge on any atom is 0.349 e. The Morgan fingerprint density at radius 1 is 0.946 bits per heavy atom. The van der Waals surface area contributed by atoms with E-state index >= 15 is 0 Å². The number of fused-ring (bicyclic) bond motifs is 1. The smallest absolute Gasteiger partial charge is 0.349 e. The highest BCUT2D eigenvalue weighted by Gasteiger charge is 2.28. The second-order valence-corrected chi connectivity index (χ2v) is 10.3. The molecule has 37 heavy (non-hydrogen) atoms. The molecule has 2 heterocycles. The summed E-state index contributed by atoms with van der Waals surface area (Å²) >= 11 is 13.8. The van der Waals surface area contributed by atoms with Crippen molar-refractivity contribution in [1.82, 2.24) is 9.78 Å². The van der Waals surface area contributed by atoms with Crippen molar-refractivity contribution in [1.29, 1.82) is 0 Å². The normalized spacial score (nSPS) is 11.9. The highest BCUT2D eigenvalue weighted by molar-refractivity contribution is 7.20. The summed E-state index contributed by atoms with van der Waals surface area (Å²) in [4.78, 5) is 27.7. The van der Waals surface area contributed by atoms with Crippen LogP contribution in [-0.4, -0.2) is 21.7 Å². The van der Waals surface area contributed by atoms with Gasteiger partial charge < -0.3 is 10.1 Å². The van der Waals surface area contributed by atoms with E-state index in [9.17, 15) is 9.59 Å². The number of carbonyl (C=O) groups is 2. The summed E-state index contributed by atoms with van der Waals surface area (Å²) < 4.78 is 7.51. The maximum atomic E-state index is 13.3. The van der Waals surface area contributed by atoms with E-state index in [2.05, 4.69) is 10.4 Å². The van der Waals surface area contributed by atoms with E-state index < -0.39 is 18.0 Å². The minimum atomic E-state index is -1.17. The van der Waals surface area contributed by atoms with E-state index in [0.29, 0.717) is 31.9 Å². The molecule has 186 valence electrons. The van der Waals surface area contributed by atoms with Crippen LogP contribution in [0.4, 0.5) is 5.69 Å². The third-order valence-corrected chi connectivity index (χ3v) is 7.65. The Morgan fingerprint density at radius 2 is 1.68 bits per heavy atom. The number of halogens is 2. The SMILES string of the molecule is Cc1ccc(NC(=O)[C@@H](OC(=O)c2cc3c(C)nn(-c4ccccc4Cl)c3s2)c2ccccc2)cc1Cl. The molecule has 0 aliphatic heterocycles. The number of esters is 1. The Bertz CT molecular complexity index is 1630. The second kappa shape index (κ2) is 10.4. The fraction of sp³-hybridized carbons (Fsp3) is 0.107. The molecule has 0 saturated heterocycles. The van der Waals surface area contributed by atoms with E-state index in [0.717, 1.165) is 21.5 Å². The summed E-state index contributed by atoms with van der Waals surface area (Å²) in [6.07, 6.45) is -1.17. The monoisotopic (exact) mass is 549 g/mol. The number of benzene rings is 3. The first-order valence-corrected chi connectivity index (χ1v) is 13.0. The van der Waals surface area contributed by atoms with Gasteiger partial charge in [0.25, 0.3) is 5.91 Å². The summed E-state index contributed by atoms with van der Waals surface area (Å²) in [5.41, 5.74) is 3.41. The van der Waals surface area contributed by atoms with Crippen molar-refractivity contribution in [3.63, 3.8) is 0 Å². The Morgan fingerprint density at radius 3 is 2.41 bits per heavy atom. The van der Waals surface area contributed by atoms with Gasteiger partial charge in [0.05, 0.1) is 16.4 Å². The molecule has 5 aromatic rings. The van der Waals surface area contributed by atoms with Crippen molar-refractivity contribution in [3.8, 4) is 5.69 Å². The highest BCUT2D eigenvalue weighted by atomic mass is 35.5.